The Hall–Kier alpha value is -1.85. The maximum absolute atomic E-state index is 12.5. The van der Waals surface area contributed by atoms with Gasteiger partial charge < -0.3 is 10.4 Å². The molecule has 0 aromatic carbocycles. The number of nitrogens with zero attached hydrogens (tertiary/aromatic N) is 2. The van der Waals surface area contributed by atoms with Crippen LogP contribution in [-0.2, 0) is 18.3 Å². The van der Waals surface area contributed by atoms with Crippen LogP contribution in [-0.4, -0.2) is 32.3 Å². The topological polar surface area (TPSA) is 84.2 Å². The highest BCUT2D eigenvalue weighted by Crippen LogP contribution is 2.28. The molecule has 0 radical (unpaired) electrons. The highest BCUT2D eigenvalue weighted by molar-refractivity contribution is 5.98. The van der Waals surface area contributed by atoms with Crippen molar-refractivity contribution in [2.45, 2.75) is 57.4 Å². The predicted molar refractivity (Wildman–Crippen MR) is 78.1 cm³/mol. The van der Waals surface area contributed by atoms with E-state index >= 15 is 0 Å². The molecule has 0 saturated heterocycles. The van der Waals surface area contributed by atoms with Crippen molar-refractivity contribution in [2.24, 2.45) is 7.05 Å². The zero-order valence-corrected chi connectivity index (χ0v) is 12.7. The van der Waals surface area contributed by atoms with Gasteiger partial charge in [0.25, 0.3) is 5.91 Å². The third-order valence-electron chi connectivity index (χ3n) is 4.20. The molecule has 1 heterocycles. The van der Waals surface area contributed by atoms with Gasteiger partial charge in [-0.3, -0.25) is 9.48 Å². The van der Waals surface area contributed by atoms with Gasteiger partial charge in [0.2, 0.25) is 0 Å². The lowest BCUT2D eigenvalue weighted by atomic mass is 9.90. The summed E-state index contributed by atoms with van der Waals surface area (Å²) in [5.41, 5.74) is 0.0445. The fourth-order valence-corrected chi connectivity index (χ4v) is 2.99. The normalized spacial score (nSPS) is 18.0. The summed E-state index contributed by atoms with van der Waals surface area (Å²) in [6, 6.07) is 0. The third-order valence-corrected chi connectivity index (χ3v) is 4.20. The monoisotopic (exact) mass is 293 g/mol. The second kappa shape index (κ2) is 6.28. The smallest absolute Gasteiger partial charge is 0.329 e. The van der Waals surface area contributed by atoms with Crippen molar-refractivity contribution in [2.75, 3.05) is 0 Å². The Labute approximate surface area is 124 Å². The van der Waals surface area contributed by atoms with Crippen LogP contribution in [0.3, 0.4) is 0 Å². The van der Waals surface area contributed by atoms with Crippen molar-refractivity contribution in [1.29, 1.82) is 0 Å². The first kappa shape index (κ1) is 15.5. The SMILES string of the molecule is CCc1nn(C)cc1C(=O)NC1(C(=O)O)CCCCCC1. The first-order valence-electron chi connectivity index (χ1n) is 7.57. The number of amides is 1. The van der Waals surface area contributed by atoms with E-state index in [-0.39, 0.29) is 5.91 Å². The summed E-state index contributed by atoms with van der Waals surface area (Å²) in [7, 11) is 1.76. The van der Waals surface area contributed by atoms with Gasteiger partial charge in [-0.2, -0.15) is 5.10 Å². The largest absolute Gasteiger partial charge is 0.480 e. The first-order chi connectivity index (χ1) is 9.98. The summed E-state index contributed by atoms with van der Waals surface area (Å²) in [5, 5.41) is 16.6. The van der Waals surface area contributed by atoms with Gasteiger partial charge in [-0.25, -0.2) is 4.79 Å². The highest BCUT2D eigenvalue weighted by atomic mass is 16.4. The number of hydrogen-bond donors (Lipinski definition) is 2. The average molecular weight is 293 g/mol. The van der Waals surface area contributed by atoms with Crippen molar-refractivity contribution >= 4 is 11.9 Å². The zero-order chi connectivity index (χ0) is 15.5. The summed E-state index contributed by atoms with van der Waals surface area (Å²) in [5.74, 6) is -1.26. The van der Waals surface area contributed by atoms with E-state index in [0.29, 0.717) is 30.5 Å². The second-order valence-electron chi connectivity index (χ2n) is 5.77. The van der Waals surface area contributed by atoms with Crippen LogP contribution in [0.25, 0.3) is 0 Å². The van der Waals surface area contributed by atoms with Gasteiger partial charge in [-0.05, 0) is 19.3 Å². The number of carboxylic acid groups (broad SMARTS) is 1. The van der Waals surface area contributed by atoms with E-state index in [1.165, 1.54) is 0 Å². The number of carboxylic acids is 1. The third kappa shape index (κ3) is 3.25. The Morgan fingerprint density at radius 3 is 2.48 bits per heavy atom. The lowest BCUT2D eigenvalue weighted by Gasteiger charge is -2.29. The van der Waals surface area contributed by atoms with Crippen molar-refractivity contribution in [3.05, 3.63) is 17.5 Å². The highest BCUT2D eigenvalue weighted by Gasteiger charge is 2.40. The Bertz CT molecular complexity index is 528. The molecule has 2 rings (SSSR count). The molecule has 116 valence electrons. The summed E-state index contributed by atoms with van der Waals surface area (Å²) in [6.07, 6.45) is 7.01. The van der Waals surface area contributed by atoms with Crippen molar-refractivity contribution in [3.8, 4) is 0 Å². The molecule has 2 N–H and O–H groups in total. The minimum Gasteiger partial charge on any atom is -0.480 e. The van der Waals surface area contributed by atoms with E-state index in [4.69, 9.17) is 0 Å². The zero-order valence-electron chi connectivity index (χ0n) is 12.7. The molecule has 1 aliphatic carbocycles. The molecule has 1 aromatic rings. The number of carbonyl (C=O) groups excluding carboxylic acids is 1. The molecule has 6 heteroatoms. The molecule has 0 bridgehead atoms. The average Bonchev–Trinajstić information content (AvgIpc) is 2.67. The van der Waals surface area contributed by atoms with Crippen molar-refractivity contribution in [1.82, 2.24) is 15.1 Å². The molecule has 0 atom stereocenters. The van der Waals surface area contributed by atoms with E-state index in [0.717, 1.165) is 25.7 Å². The number of hydrogen-bond acceptors (Lipinski definition) is 3. The molecule has 1 saturated carbocycles. The molecule has 0 spiro atoms. The van der Waals surface area contributed by atoms with E-state index in [1.807, 2.05) is 6.92 Å². The van der Waals surface area contributed by atoms with Crippen molar-refractivity contribution in [3.63, 3.8) is 0 Å². The van der Waals surface area contributed by atoms with Crippen molar-refractivity contribution < 1.29 is 14.7 Å². The molecule has 1 aliphatic rings. The molecule has 1 aromatic heterocycles. The minimum absolute atomic E-state index is 0.329. The van der Waals surface area contributed by atoms with Crippen LogP contribution in [0.1, 0.15) is 61.5 Å². The molecular formula is C15H23N3O3. The number of aromatic nitrogens is 2. The lowest BCUT2D eigenvalue weighted by Crippen LogP contribution is -2.54. The summed E-state index contributed by atoms with van der Waals surface area (Å²) in [6.45, 7) is 1.93. The van der Waals surface area contributed by atoms with Crippen LogP contribution in [0, 0.1) is 0 Å². The molecular weight excluding hydrogens is 270 g/mol. The maximum atomic E-state index is 12.5. The number of aliphatic carboxylic acids is 1. The van der Waals surface area contributed by atoms with Gasteiger partial charge in [-0.1, -0.05) is 32.6 Å². The molecule has 0 unspecified atom stereocenters. The van der Waals surface area contributed by atoms with E-state index < -0.39 is 11.5 Å². The van der Waals surface area contributed by atoms with Gasteiger partial charge >= 0.3 is 5.97 Å². The van der Waals surface area contributed by atoms with Gasteiger partial charge in [0.1, 0.15) is 5.54 Å². The Kier molecular flexibility index (Phi) is 4.65. The fourth-order valence-electron chi connectivity index (χ4n) is 2.99. The summed E-state index contributed by atoms with van der Waals surface area (Å²) >= 11 is 0. The number of carbonyl (C=O) groups is 2. The molecule has 6 nitrogen and oxygen atoms in total. The van der Waals surface area contributed by atoms with Crippen LogP contribution in [0.5, 0.6) is 0 Å². The Balaban J connectivity index is 2.23. The molecule has 0 aliphatic heterocycles. The quantitative estimate of drug-likeness (QED) is 0.830. The van der Waals surface area contributed by atoms with Crippen LogP contribution in [0.4, 0.5) is 0 Å². The number of aryl methyl sites for hydroxylation is 2. The predicted octanol–water partition coefficient (Wildman–Crippen LogP) is 1.89. The number of rotatable bonds is 4. The standard InChI is InChI=1S/C15H23N3O3/c1-3-12-11(10-18(2)17-12)13(19)16-15(14(20)21)8-6-4-5-7-9-15/h10H,3-9H2,1-2H3,(H,16,19)(H,20,21). The van der Waals surface area contributed by atoms with Gasteiger partial charge in [-0.15, -0.1) is 0 Å². The lowest BCUT2D eigenvalue weighted by molar-refractivity contribution is -0.145. The van der Waals surface area contributed by atoms with Gasteiger partial charge in [0.15, 0.2) is 0 Å². The second-order valence-corrected chi connectivity index (χ2v) is 5.77. The molecule has 1 fully saturated rings. The molecule has 21 heavy (non-hydrogen) atoms. The van der Waals surface area contributed by atoms with Gasteiger partial charge in [0.05, 0.1) is 11.3 Å². The maximum Gasteiger partial charge on any atom is 0.329 e. The number of nitrogens with one attached hydrogen (secondary N) is 1. The minimum atomic E-state index is -1.13. The van der Waals surface area contributed by atoms with Crippen LogP contribution in [0.2, 0.25) is 0 Å². The van der Waals surface area contributed by atoms with E-state index in [9.17, 15) is 14.7 Å². The van der Waals surface area contributed by atoms with E-state index in [1.54, 1.807) is 17.9 Å². The Morgan fingerprint density at radius 2 is 1.95 bits per heavy atom. The van der Waals surface area contributed by atoms with Crippen LogP contribution in [0.15, 0.2) is 6.20 Å². The van der Waals surface area contributed by atoms with Crippen LogP contribution >= 0.6 is 0 Å². The van der Waals surface area contributed by atoms with Gasteiger partial charge in [0, 0.05) is 13.2 Å². The Morgan fingerprint density at radius 1 is 1.33 bits per heavy atom. The fraction of sp³-hybridized carbons (Fsp3) is 0.667. The van der Waals surface area contributed by atoms with Crippen LogP contribution < -0.4 is 5.32 Å². The summed E-state index contributed by atoms with van der Waals surface area (Å²) in [4.78, 5) is 24.2. The first-order valence-corrected chi connectivity index (χ1v) is 7.57. The van der Waals surface area contributed by atoms with E-state index in [2.05, 4.69) is 10.4 Å². The summed E-state index contributed by atoms with van der Waals surface area (Å²) < 4.78 is 1.59. The molecule has 1 amide bonds.